The van der Waals surface area contributed by atoms with Gasteiger partial charge in [0, 0.05) is 12.7 Å². The molecule has 0 N–H and O–H groups in total. The van der Waals surface area contributed by atoms with E-state index in [9.17, 15) is 9.59 Å². The van der Waals surface area contributed by atoms with Crippen molar-refractivity contribution in [3.05, 3.63) is 23.8 Å². The van der Waals surface area contributed by atoms with E-state index in [0.29, 0.717) is 16.9 Å². The molecule has 0 spiro atoms. The van der Waals surface area contributed by atoms with Crippen LogP contribution in [0.25, 0.3) is 0 Å². The van der Waals surface area contributed by atoms with Gasteiger partial charge in [0.2, 0.25) is 0 Å². The molecular weight excluding hydrogens is 244 g/mol. The lowest BCUT2D eigenvalue weighted by Crippen LogP contribution is -2.25. The Morgan fingerprint density at radius 3 is 2.42 bits per heavy atom. The van der Waals surface area contributed by atoms with E-state index in [1.54, 1.807) is 23.1 Å². The molecule has 0 fully saturated rings. The lowest BCUT2D eigenvalue weighted by Gasteiger charge is -2.19. The predicted octanol–water partition coefficient (Wildman–Crippen LogP) is 0.699. The minimum absolute atomic E-state index is 0.0674. The Kier molecular flexibility index (Phi) is 3.17. The molecular formula is C13H10N4O2. The van der Waals surface area contributed by atoms with Gasteiger partial charge in [0.1, 0.15) is 13.1 Å². The van der Waals surface area contributed by atoms with E-state index in [-0.39, 0.29) is 13.1 Å². The Bertz CT molecular complexity index is 623. The first-order valence-electron chi connectivity index (χ1n) is 5.55. The average Bonchev–Trinajstić information content (AvgIpc) is 2.63. The summed E-state index contributed by atoms with van der Waals surface area (Å²) in [5.41, 5.74) is 1.50. The van der Waals surface area contributed by atoms with Crippen molar-refractivity contribution in [3.63, 3.8) is 0 Å². The molecule has 1 amide bonds. The normalized spacial score (nSPS) is 12.9. The van der Waals surface area contributed by atoms with Crippen LogP contribution in [0.5, 0.6) is 0 Å². The largest absolute Gasteiger partial charge is 0.345 e. The number of likely N-dealkylation sites (N-methyl/N-ethyl adjacent to an activating group) is 1. The van der Waals surface area contributed by atoms with Gasteiger partial charge in [-0.15, -0.1) is 0 Å². The number of hydrogen-bond acceptors (Lipinski definition) is 5. The highest BCUT2D eigenvalue weighted by Crippen LogP contribution is 2.31. The van der Waals surface area contributed by atoms with Gasteiger partial charge in [0.05, 0.1) is 23.4 Å². The molecule has 1 aliphatic rings. The number of Topliss-reactive ketones (excluding diaryl/α,β-unsaturated/α-hetero) is 1. The van der Waals surface area contributed by atoms with Crippen molar-refractivity contribution in [1.82, 2.24) is 0 Å². The van der Waals surface area contributed by atoms with Crippen LogP contribution in [0.4, 0.5) is 11.4 Å². The van der Waals surface area contributed by atoms with E-state index in [4.69, 9.17) is 10.5 Å². The molecule has 1 heterocycles. The third kappa shape index (κ3) is 2.00. The number of anilines is 2. The van der Waals surface area contributed by atoms with Crippen LogP contribution >= 0.6 is 0 Å². The SMILES string of the molecule is CN1C(=O)C(=O)c2ccc(N(CC#N)CC#N)cc21. The van der Waals surface area contributed by atoms with Crippen LogP contribution in [-0.2, 0) is 4.79 Å². The second-order valence-electron chi connectivity index (χ2n) is 4.07. The Balaban J connectivity index is 2.43. The first-order valence-corrected chi connectivity index (χ1v) is 5.55. The number of rotatable bonds is 3. The summed E-state index contributed by atoms with van der Waals surface area (Å²) in [5, 5.41) is 17.5. The first kappa shape index (κ1) is 12.6. The highest BCUT2D eigenvalue weighted by atomic mass is 16.2. The highest BCUT2D eigenvalue weighted by molar-refractivity contribution is 6.52. The molecule has 0 bridgehead atoms. The van der Waals surface area contributed by atoms with Crippen molar-refractivity contribution in [3.8, 4) is 12.1 Å². The predicted molar refractivity (Wildman–Crippen MR) is 67.6 cm³/mol. The van der Waals surface area contributed by atoms with E-state index in [2.05, 4.69) is 0 Å². The average molecular weight is 254 g/mol. The highest BCUT2D eigenvalue weighted by Gasteiger charge is 2.33. The number of carbonyl (C=O) groups excluding carboxylic acids is 2. The number of amides is 1. The minimum Gasteiger partial charge on any atom is -0.345 e. The van der Waals surface area contributed by atoms with Crippen molar-refractivity contribution in [2.75, 3.05) is 29.9 Å². The lowest BCUT2D eigenvalue weighted by molar-refractivity contribution is -0.114. The van der Waals surface area contributed by atoms with Crippen LogP contribution in [0, 0.1) is 22.7 Å². The number of nitrogens with zero attached hydrogens (tertiary/aromatic N) is 4. The van der Waals surface area contributed by atoms with Gasteiger partial charge in [0.25, 0.3) is 11.7 Å². The number of hydrogen-bond donors (Lipinski definition) is 0. The van der Waals surface area contributed by atoms with Gasteiger partial charge in [0.15, 0.2) is 0 Å². The van der Waals surface area contributed by atoms with Gasteiger partial charge in [-0.05, 0) is 18.2 Å². The molecule has 2 rings (SSSR count). The fourth-order valence-electron chi connectivity index (χ4n) is 1.97. The van der Waals surface area contributed by atoms with Gasteiger partial charge in [-0.2, -0.15) is 10.5 Å². The van der Waals surface area contributed by atoms with Gasteiger partial charge in [-0.1, -0.05) is 0 Å². The monoisotopic (exact) mass is 254 g/mol. The zero-order chi connectivity index (χ0) is 14.0. The molecule has 6 heteroatoms. The van der Waals surface area contributed by atoms with E-state index in [1.807, 2.05) is 12.1 Å². The van der Waals surface area contributed by atoms with Crippen molar-refractivity contribution < 1.29 is 9.59 Å². The van der Waals surface area contributed by atoms with E-state index < -0.39 is 11.7 Å². The van der Waals surface area contributed by atoms with Crippen LogP contribution < -0.4 is 9.80 Å². The molecule has 0 aliphatic carbocycles. The molecule has 1 aliphatic heterocycles. The van der Waals surface area contributed by atoms with Crippen LogP contribution in [0.2, 0.25) is 0 Å². The number of fused-ring (bicyclic) bond motifs is 1. The van der Waals surface area contributed by atoms with E-state index >= 15 is 0 Å². The third-order valence-corrected chi connectivity index (χ3v) is 2.97. The van der Waals surface area contributed by atoms with E-state index in [1.165, 1.54) is 11.9 Å². The molecule has 0 saturated carbocycles. The van der Waals surface area contributed by atoms with Crippen LogP contribution in [0.3, 0.4) is 0 Å². The molecule has 0 radical (unpaired) electrons. The molecule has 0 unspecified atom stereocenters. The second kappa shape index (κ2) is 4.79. The maximum atomic E-state index is 11.6. The first-order chi connectivity index (χ1) is 9.10. The summed E-state index contributed by atoms with van der Waals surface area (Å²) in [7, 11) is 1.52. The summed E-state index contributed by atoms with van der Waals surface area (Å²) in [6.45, 7) is 0.135. The third-order valence-electron chi connectivity index (χ3n) is 2.97. The number of ketones is 1. The summed E-state index contributed by atoms with van der Waals surface area (Å²) < 4.78 is 0. The maximum absolute atomic E-state index is 11.6. The minimum atomic E-state index is -0.570. The molecule has 1 aromatic rings. The number of benzene rings is 1. The Morgan fingerprint density at radius 1 is 1.21 bits per heavy atom. The molecule has 94 valence electrons. The second-order valence-corrected chi connectivity index (χ2v) is 4.07. The summed E-state index contributed by atoms with van der Waals surface area (Å²) in [5.74, 6) is -1.10. The zero-order valence-electron chi connectivity index (χ0n) is 10.3. The standard InChI is InChI=1S/C13H10N4O2/c1-16-11-8-9(17(6-4-14)7-5-15)2-3-10(11)12(18)13(16)19/h2-3,8H,6-7H2,1H3. The zero-order valence-corrected chi connectivity index (χ0v) is 10.3. The number of carbonyl (C=O) groups is 2. The van der Waals surface area contributed by atoms with Crippen molar-refractivity contribution in [2.45, 2.75) is 0 Å². The van der Waals surface area contributed by atoms with Crippen molar-refractivity contribution in [1.29, 1.82) is 10.5 Å². The van der Waals surface area contributed by atoms with Crippen molar-refractivity contribution >= 4 is 23.1 Å². The number of nitriles is 2. The Labute approximate surface area is 110 Å². The summed E-state index contributed by atoms with van der Waals surface area (Å²) in [6, 6.07) is 8.78. The fraction of sp³-hybridized carbons (Fsp3) is 0.231. The van der Waals surface area contributed by atoms with E-state index in [0.717, 1.165) is 0 Å². The van der Waals surface area contributed by atoms with Crippen LogP contribution in [-0.4, -0.2) is 31.8 Å². The quantitative estimate of drug-likeness (QED) is 0.585. The van der Waals surface area contributed by atoms with Gasteiger partial charge in [-0.25, -0.2) is 0 Å². The smallest absolute Gasteiger partial charge is 0.299 e. The maximum Gasteiger partial charge on any atom is 0.299 e. The summed E-state index contributed by atoms with van der Waals surface area (Å²) in [6.07, 6.45) is 0. The van der Waals surface area contributed by atoms with Crippen molar-refractivity contribution in [2.24, 2.45) is 0 Å². The van der Waals surface area contributed by atoms with Gasteiger partial charge in [-0.3, -0.25) is 9.59 Å². The Morgan fingerprint density at radius 2 is 1.84 bits per heavy atom. The Hall–Kier alpha value is -2.86. The van der Waals surface area contributed by atoms with Crippen LogP contribution in [0.15, 0.2) is 18.2 Å². The topological polar surface area (TPSA) is 88.2 Å². The molecule has 19 heavy (non-hydrogen) atoms. The molecule has 6 nitrogen and oxygen atoms in total. The molecule has 1 aromatic carbocycles. The van der Waals surface area contributed by atoms with Gasteiger partial charge >= 0.3 is 0 Å². The van der Waals surface area contributed by atoms with Crippen LogP contribution in [0.1, 0.15) is 10.4 Å². The molecule has 0 atom stereocenters. The molecule has 0 saturated heterocycles. The molecule has 0 aromatic heterocycles. The fourth-order valence-corrected chi connectivity index (χ4v) is 1.97. The summed E-state index contributed by atoms with van der Waals surface area (Å²) >= 11 is 0. The summed E-state index contributed by atoms with van der Waals surface area (Å²) in [4.78, 5) is 26.0. The lowest BCUT2D eigenvalue weighted by atomic mass is 10.1. The van der Waals surface area contributed by atoms with Gasteiger partial charge < -0.3 is 9.80 Å².